The fourth-order valence-corrected chi connectivity index (χ4v) is 5.98. The van der Waals surface area contributed by atoms with Gasteiger partial charge in [0.15, 0.2) is 12.1 Å². The first-order valence-electron chi connectivity index (χ1n) is 22.9. The molecule has 0 radical (unpaired) electrons. The van der Waals surface area contributed by atoms with E-state index in [0.29, 0.717) is 19.3 Å². The van der Waals surface area contributed by atoms with E-state index in [4.69, 9.17) is 14.2 Å². The Morgan fingerprint density at radius 2 is 0.933 bits per heavy atom. The van der Waals surface area contributed by atoms with E-state index < -0.39 is 24.1 Å². The SMILES string of the molecule is CC/C=C\C/C=C\C/C=C\C/C=C\C/C=C\CC(=O)OC(COCCC(C(=O)O)[N+](C)(C)C)COC(=O)CCCCCCCCCC/C=C\C/C=C\C/C=C\C/C=C\CC. The molecule has 0 aromatic heterocycles. The van der Waals surface area contributed by atoms with Crippen LogP contribution in [0.1, 0.15) is 149 Å². The van der Waals surface area contributed by atoms with Gasteiger partial charge in [-0.1, -0.05) is 162 Å². The van der Waals surface area contributed by atoms with Gasteiger partial charge in [0.2, 0.25) is 0 Å². The van der Waals surface area contributed by atoms with Crippen LogP contribution in [0.2, 0.25) is 0 Å². The number of carboxylic acid groups (broad SMARTS) is 1. The molecule has 2 atom stereocenters. The second-order valence-electron chi connectivity index (χ2n) is 15.9. The molecule has 0 aromatic carbocycles. The summed E-state index contributed by atoms with van der Waals surface area (Å²) in [4.78, 5) is 37.0. The fraction of sp³-hybridized carbons (Fsp3) is 0.596. The molecule has 60 heavy (non-hydrogen) atoms. The van der Waals surface area contributed by atoms with Crippen molar-refractivity contribution in [3.05, 3.63) is 109 Å². The zero-order chi connectivity index (χ0) is 44.2. The van der Waals surface area contributed by atoms with Crippen molar-refractivity contribution in [3.8, 4) is 0 Å². The molecule has 0 saturated carbocycles. The molecular formula is C52H84NO7+. The Bertz CT molecular complexity index is 1340. The highest BCUT2D eigenvalue weighted by Crippen LogP contribution is 2.13. The summed E-state index contributed by atoms with van der Waals surface area (Å²) in [5, 5.41) is 9.62. The number of quaternary nitrogens is 1. The quantitative estimate of drug-likeness (QED) is 0.0285. The molecule has 0 aliphatic carbocycles. The van der Waals surface area contributed by atoms with Crippen molar-refractivity contribution < 1.29 is 38.2 Å². The van der Waals surface area contributed by atoms with Gasteiger partial charge < -0.3 is 23.8 Å². The Morgan fingerprint density at radius 1 is 0.517 bits per heavy atom. The van der Waals surface area contributed by atoms with E-state index in [2.05, 4.69) is 111 Å². The number of ether oxygens (including phenoxy) is 3. The average molecular weight is 835 g/mol. The van der Waals surface area contributed by atoms with Crippen LogP contribution in [0.3, 0.4) is 0 Å². The van der Waals surface area contributed by atoms with Gasteiger partial charge >= 0.3 is 17.9 Å². The summed E-state index contributed by atoms with van der Waals surface area (Å²) in [6, 6.07) is -0.638. The standard InChI is InChI=1S/C52H83NO7/c1-6-8-10-12-14-16-18-20-22-23-24-25-26-27-29-30-32-34-36-38-40-42-50(54)59-47-48(46-58-45-44-49(52(56)57)53(3,4)5)60-51(55)43-41-39-37-35-33-31-28-21-19-17-15-13-11-9-7-2/h8-11,14-17,20-22,24-25,28,33,35,39,41,48-49H,6-7,12-13,18-19,23,26-27,29-32,34,36-38,40,42-47H2,1-5H3/p+1/b10-8-,11-9-,16-14-,17-15-,22-20-,25-24-,28-21-,35-33-,41-39-. The minimum absolute atomic E-state index is 0.0115. The number of esters is 2. The summed E-state index contributed by atoms with van der Waals surface area (Å²) in [5.41, 5.74) is 0. The number of carbonyl (C=O) groups excluding carboxylic acids is 2. The maximum atomic E-state index is 12.7. The van der Waals surface area contributed by atoms with E-state index in [-0.39, 0.29) is 36.7 Å². The number of unbranched alkanes of at least 4 members (excludes halogenated alkanes) is 8. The predicted octanol–water partition coefficient (Wildman–Crippen LogP) is 12.9. The van der Waals surface area contributed by atoms with Crippen LogP contribution in [0.15, 0.2) is 109 Å². The van der Waals surface area contributed by atoms with Gasteiger partial charge in [0, 0.05) is 12.8 Å². The van der Waals surface area contributed by atoms with Crippen molar-refractivity contribution in [2.24, 2.45) is 0 Å². The molecule has 0 fully saturated rings. The van der Waals surface area contributed by atoms with E-state index in [1.165, 1.54) is 32.1 Å². The zero-order valence-electron chi connectivity index (χ0n) is 38.4. The van der Waals surface area contributed by atoms with Gasteiger partial charge in [0.25, 0.3) is 0 Å². The highest BCUT2D eigenvalue weighted by molar-refractivity contribution is 5.72. The van der Waals surface area contributed by atoms with E-state index in [1.807, 2.05) is 27.2 Å². The van der Waals surface area contributed by atoms with Crippen LogP contribution >= 0.6 is 0 Å². The van der Waals surface area contributed by atoms with Crippen LogP contribution in [-0.4, -0.2) is 80.6 Å². The lowest BCUT2D eigenvalue weighted by atomic mass is 10.1. The van der Waals surface area contributed by atoms with Crippen LogP contribution < -0.4 is 0 Å². The smallest absolute Gasteiger partial charge is 0.362 e. The third kappa shape index (κ3) is 39.5. The number of hydrogen-bond donors (Lipinski definition) is 1. The van der Waals surface area contributed by atoms with Crippen LogP contribution in [0.25, 0.3) is 0 Å². The first kappa shape index (κ1) is 56.0. The van der Waals surface area contributed by atoms with Gasteiger partial charge in [0.1, 0.15) is 6.61 Å². The number of carboxylic acids is 1. The lowest BCUT2D eigenvalue weighted by Crippen LogP contribution is -2.50. The summed E-state index contributed by atoms with van der Waals surface area (Å²) in [6.45, 7) is 4.37. The van der Waals surface area contributed by atoms with E-state index in [1.54, 1.807) is 6.08 Å². The number of allylic oxidation sites excluding steroid dienone is 17. The topological polar surface area (TPSA) is 99.1 Å². The molecule has 0 saturated heterocycles. The second kappa shape index (κ2) is 41.7. The molecule has 338 valence electrons. The highest BCUT2D eigenvalue weighted by Gasteiger charge is 2.31. The maximum absolute atomic E-state index is 12.7. The normalized spacial score (nSPS) is 13.9. The monoisotopic (exact) mass is 835 g/mol. The summed E-state index contributed by atoms with van der Waals surface area (Å²) < 4.78 is 17.2. The lowest BCUT2D eigenvalue weighted by Gasteiger charge is -2.31. The third-order valence-electron chi connectivity index (χ3n) is 9.45. The Kier molecular flexibility index (Phi) is 38.9. The number of likely N-dealkylation sites (N-methyl/N-ethyl adjacent to an activating group) is 1. The third-order valence-corrected chi connectivity index (χ3v) is 9.45. The lowest BCUT2D eigenvalue weighted by molar-refractivity contribution is -0.887. The van der Waals surface area contributed by atoms with E-state index in [0.717, 1.165) is 77.0 Å². The Labute approximate surface area is 366 Å². The minimum atomic E-state index is -0.895. The first-order valence-corrected chi connectivity index (χ1v) is 22.9. The summed E-state index contributed by atoms with van der Waals surface area (Å²) >= 11 is 0. The molecule has 0 aliphatic rings. The molecule has 1 N–H and O–H groups in total. The summed E-state index contributed by atoms with van der Waals surface area (Å²) in [7, 11) is 5.48. The van der Waals surface area contributed by atoms with Crippen molar-refractivity contribution in [1.29, 1.82) is 0 Å². The van der Waals surface area contributed by atoms with Gasteiger partial charge in [-0.25, -0.2) is 4.79 Å². The average Bonchev–Trinajstić information content (AvgIpc) is 3.21. The van der Waals surface area contributed by atoms with Gasteiger partial charge in [0.05, 0.1) is 40.8 Å². The number of aliphatic carboxylic acids is 1. The molecule has 2 unspecified atom stereocenters. The number of rotatable bonds is 39. The molecule has 8 heteroatoms. The second-order valence-corrected chi connectivity index (χ2v) is 15.9. The van der Waals surface area contributed by atoms with Gasteiger partial charge in [-0.05, 0) is 77.0 Å². The zero-order valence-corrected chi connectivity index (χ0v) is 38.4. The Balaban J connectivity index is 4.43. The number of carbonyl (C=O) groups is 3. The van der Waals surface area contributed by atoms with Crippen LogP contribution in [-0.2, 0) is 28.6 Å². The Hall–Kier alpha value is -4.01. The van der Waals surface area contributed by atoms with Gasteiger partial charge in [-0.3, -0.25) is 9.59 Å². The van der Waals surface area contributed by atoms with Crippen LogP contribution in [0, 0.1) is 0 Å². The van der Waals surface area contributed by atoms with E-state index >= 15 is 0 Å². The fourth-order valence-electron chi connectivity index (χ4n) is 5.98. The van der Waals surface area contributed by atoms with Crippen molar-refractivity contribution in [1.82, 2.24) is 0 Å². The molecule has 0 spiro atoms. The minimum Gasteiger partial charge on any atom is -0.477 e. The van der Waals surface area contributed by atoms with Gasteiger partial charge in [-0.15, -0.1) is 0 Å². The summed E-state index contributed by atoms with van der Waals surface area (Å²) in [6.07, 6.45) is 57.4. The first-order chi connectivity index (χ1) is 29.1. The molecule has 0 rings (SSSR count). The molecule has 0 amide bonds. The molecule has 0 bridgehead atoms. The van der Waals surface area contributed by atoms with E-state index in [9.17, 15) is 19.5 Å². The van der Waals surface area contributed by atoms with Crippen LogP contribution in [0.4, 0.5) is 0 Å². The molecular weight excluding hydrogens is 751 g/mol. The van der Waals surface area contributed by atoms with Crippen molar-refractivity contribution in [2.75, 3.05) is 41.0 Å². The highest BCUT2D eigenvalue weighted by atomic mass is 16.6. The molecule has 0 aliphatic heterocycles. The van der Waals surface area contributed by atoms with Crippen molar-refractivity contribution >= 4 is 17.9 Å². The van der Waals surface area contributed by atoms with Gasteiger partial charge in [-0.2, -0.15) is 0 Å². The number of hydrogen-bond acceptors (Lipinski definition) is 6. The molecule has 8 nitrogen and oxygen atoms in total. The van der Waals surface area contributed by atoms with Crippen molar-refractivity contribution in [2.45, 2.75) is 161 Å². The maximum Gasteiger partial charge on any atom is 0.362 e. The molecule has 0 heterocycles. The Morgan fingerprint density at radius 3 is 1.38 bits per heavy atom. The predicted molar refractivity (Wildman–Crippen MR) is 252 cm³/mol. The largest absolute Gasteiger partial charge is 0.477 e. The molecule has 0 aromatic rings. The summed E-state index contributed by atoms with van der Waals surface area (Å²) in [5.74, 6) is -1.65. The van der Waals surface area contributed by atoms with Crippen LogP contribution in [0.5, 0.6) is 0 Å². The van der Waals surface area contributed by atoms with Crippen molar-refractivity contribution in [3.63, 3.8) is 0 Å². The number of nitrogens with zero attached hydrogens (tertiary/aromatic N) is 1.